The highest BCUT2D eigenvalue weighted by atomic mass is 35.5. The molecule has 1 unspecified atom stereocenters. The minimum Gasteiger partial charge on any atom is -0.381 e. The second kappa shape index (κ2) is 6.34. The van der Waals surface area contributed by atoms with Crippen LogP contribution in [0.3, 0.4) is 0 Å². The molecule has 0 aromatic carbocycles. The maximum absolute atomic E-state index is 5.99. The molecule has 5 heteroatoms. The van der Waals surface area contributed by atoms with Gasteiger partial charge in [0, 0.05) is 31.7 Å². The molecule has 0 bridgehead atoms. The van der Waals surface area contributed by atoms with E-state index in [1.165, 1.54) is 0 Å². The largest absolute Gasteiger partial charge is 0.381 e. The van der Waals surface area contributed by atoms with Crippen LogP contribution < -0.4 is 5.32 Å². The summed E-state index contributed by atoms with van der Waals surface area (Å²) in [7, 11) is 0. The van der Waals surface area contributed by atoms with Crippen molar-refractivity contribution < 1.29 is 4.74 Å². The van der Waals surface area contributed by atoms with Crippen LogP contribution in [0, 0.1) is 5.92 Å². The Morgan fingerprint density at radius 3 is 2.83 bits per heavy atom. The molecule has 1 aliphatic heterocycles. The zero-order chi connectivity index (χ0) is 13.0. The highest BCUT2D eigenvalue weighted by molar-refractivity contribution is 6.29. The Balaban J connectivity index is 2.01. The van der Waals surface area contributed by atoms with Crippen LogP contribution in [0.1, 0.15) is 32.5 Å². The molecule has 1 aromatic rings. The Hall–Kier alpha value is -0.870. The van der Waals surface area contributed by atoms with Crippen molar-refractivity contribution in [1.29, 1.82) is 0 Å². The van der Waals surface area contributed by atoms with E-state index in [2.05, 4.69) is 22.2 Å². The molecule has 1 aromatic heterocycles. The summed E-state index contributed by atoms with van der Waals surface area (Å²) in [6.45, 7) is 5.94. The lowest BCUT2D eigenvalue weighted by Crippen LogP contribution is -2.31. The highest BCUT2D eigenvalue weighted by Gasteiger charge is 2.20. The van der Waals surface area contributed by atoms with Gasteiger partial charge in [-0.1, -0.05) is 18.5 Å². The van der Waals surface area contributed by atoms with E-state index in [9.17, 15) is 0 Å². The highest BCUT2D eigenvalue weighted by Crippen LogP contribution is 2.22. The third-order valence-corrected chi connectivity index (χ3v) is 3.60. The van der Waals surface area contributed by atoms with Gasteiger partial charge in [0.25, 0.3) is 0 Å². The summed E-state index contributed by atoms with van der Waals surface area (Å²) in [5, 5.41) is 3.94. The van der Waals surface area contributed by atoms with Crippen LogP contribution in [-0.2, 0) is 11.2 Å². The van der Waals surface area contributed by atoms with E-state index in [-0.39, 0.29) is 0 Å². The van der Waals surface area contributed by atoms with Crippen molar-refractivity contribution in [3.63, 3.8) is 0 Å². The van der Waals surface area contributed by atoms with E-state index < -0.39 is 0 Å². The molecule has 100 valence electrons. The SMILES string of the molecule is CCc1nc(Cl)cc(NC(C)C2CCOCC2)n1. The fourth-order valence-corrected chi connectivity index (χ4v) is 2.46. The average Bonchev–Trinajstić information content (AvgIpc) is 2.39. The van der Waals surface area contributed by atoms with Crippen molar-refractivity contribution in [2.75, 3.05) is 18.5 Å². The number of nitrogens with zero attached hydrogens (tertiary/aromatic N) is 2. The molecule has 1 atom stereocenters. The van der Waals surface area contributed by atoms with Gasteiger partial charge in [0.15, 0.2) is 0 Å². The number of anilines is 1. The first-order valence-corrected chi connectivity index (χ1v) is 6.94. The van der Waals surface area contributed by atoms with Crippen LogP contribution in [0.25, 0.3) is 0 Å². The minimum absolute atomic E-state index is 0.379. The Morgan fingerprint density at radius 1 is 1.44 bits per heavy atom. The maximum Gasteiger partial charge on any atom is 0.134 e. The summed E-state index contributed by atoms with van der Waals surface area (Å²) in [5.74, 6) is 2.24. The van der Waals surface area contributed by atoms with Crippen LogP contribution >= 0.6 is 11.6 Å². The molecule has 1 N–H and O–H groups in total. The molecule has 0 radical (unpaired) electrons. The van der Waals surface area contributed by atoms with Crippen LogP contribution in [0.15, 0.2) is 6.07 Å². The summed E-state index contributed by atoms with van der Waals surface area (Å²) in [5.41, 5.74) is 0. The molecule has 4 nitrogen and oxygen atoms in total. The van der Waals surface area contributed by atoms with E-state index in [0.717, 1.165) is 44.1 Å². The Morgan fingerprint density at radius 2 is 2.17 bits per heavy atom. The van der Waals surface area contributed by atoms with E-state index in [1.54, 1.807) is 6.07 Å². The number of aryl methyl sites for hydroxylation is 1. The Bertz CT molecular complexity index is 394. The van der Waals surface area contributed by atoms with Crippen molar-refractivity contribution in [3.8, 4) is 0 Å². The standard InChI is InChI=1S/C13H20ClN3O/c1-3-12-16-11(14)8-13(17-12)15-9(2)10-4-6-18-7-5-10/h8-10H,3-7H2,1-2H3,(H,15,16,17). The van der Waals surface area contributed by atoms with E-state index >= 15 is 0 Å². The van der Waals surface area contributed by atoms with Gasteiger partial charge >= 0.3 is 0 Å². The Labute approximate surface area is 113 Å². The summed E-state index contributed by atoms with van der Waals surface area (Å²) in [6.07, 6.45) is 3.00. The van der Waals surface area contributed by atoms with Gasteiger partial charge in [-0.15, -0.1) is 0 Å². The van der Waals surface area contributed by atoms with Gasteiger partial charge in [0.1, 0.15) is 16.8 Å². The van der Waals surface area contributed by atoms with E-state index in [0.29, 0.717) is 17.1 Å². The number of aromatic nitrogens is 2. The quantitative estimate of drug-likeness (QED) is 0.854. The van der Waals surface area contributed by atoms with Crippen LogP contribution in [0.5, 0.6) is 0 Å². The molecule has 1 saturated heterocycles. The first-order chi connectivity index (χ1) is 8.69. The third-order valence-electron chi connectivity index (χ3n) is 3.41. The van der Waals surface area contributed by atoms with Crippen molar-refractivity contribution >= 4 is 17.4 Å². The number of ether oxygens (including phenoxy) is 1. The van der Waals surface area contributed by atoms with Crippen molar-refractivity contribution in [2.24, 2.45) is 5.92 Å². The Kier molecular flexibility index (Phi) is 4.78. The molecule has 2 heterocycles. The monoisotopic (exact) mass is 269 g/mol. The lowest BCUT2D eigenvalue weighted by atomic mass is 9.93. The lowest BCUT2D eigenvalue weighted by molar-refractivity contribution is 0.0622. The summed E-state index contributed by atoms with van der Waals surface area (Å²) in [6, 6.07) is 2.17. The molecule has 0 saturated carbocycles. The van der Waals surface area contributed by atoms with E-state index in [4.69, 9.17) is 16.3 Å². The van der Waals surface area contributed by atoms with Crippen molar-refractivity contribution in [2.45, 2.75) is 39.2 Å². The summed E-state index contributed by atoms with van der Waals surface area (Å²) >= 11 is 5.99. The topological polar surface area (TPSA) is 47.0 Å². The number of hydrogen-bond acceptors (Lipinski definition) is 4. The zero-order valence-electron chi connectivity index (χ0n) is 10.9. The van der Waals surface area contributed by atoms with Crippen LogP contribution in [-0.4, -0.2) is 29.2 Å². The molecule has 0 aliphatic carbocycles. The van der Waals surface area contributed by atoms with Gasteiger partial charge in [-0.2, -0.15) is 0 Å². The van der Waals surface area contributed by atoms with Gasteiger partial charge in [-0.25, -0.2) is 9.97 Å². The van der Waals surface area contributed by atoms with Gasteiger partial charge < -0.3 is 10.1 Å². The normalized spacial score (nSPS) is 18.6. The number of nitrogens with one attached hydrogen (secondary N) is 1. The van der Waals surface area contributed by atoms with Gasteiger partial charge in [0.05, 0.1) is 0 Å². The number of halogens is 1. The fraction of sp³-hybridized carbons (Fsp3) is 0.692. The lowest BCUT2D eigenvalue weighted by Gasteiger charge is -2.28. The molecule has 1 aliphatic rings. The summed E-state index contributed by atoms with van der Waals surface area (Å²) < 4.78 is 5.38. The van der Waals surface area contributed by atoms with Crippen LogP contribution in [0.2, 0.25) is 5.15 Å². The number of rotatable bonds is 4. The first kappa shape index (κ1) is 13.6. The molecular weight excluding hydrogens is 250 g/mol. The predicted octanol–water partition coefficient (Wildman–Crippen LogP) is 2.92. The average molecular weight is 270 g/mol. The molecule has 2 rings (SSSR count). The number of hydrogen-bond donors (Lipinski definition) is 1. The zero-order valence-corrected chi connectivity index (χ0v) is 11.7. The molecule has 0 amide bonds. The van der Waals surface area contributed by atoms with Gasteiger partial charge in [0.2, 0.25) is 0 Å². The third kappa shape index (κ3) is 3.56. The maximum atomic E-state index is 5.99. The van der Waals surface area contributed by atoms with E-state index in [1.807, 2.05) is 6.92 Å². The smallest absolute Gasteiger partial charge is 0.134 e. The molecule has 18 heavy (non-hydrogen) atoms. The van der Waals surface area contributed by atoms with Gasteiger partial charge in [-0.3, -0.25) is 0 Å². The fourth-order valence-electron chi connectivity index (χ4n) is 2.26. The summed E-state index contributed by atoms with van der Waals surface area (Å²) in [4.78, 5) is 8.62. The minimum atomic E-state index is 0.379. The van der Waals surface area contributed by atoms with Crippen molar-refractivity contribution in [1.82, 2.24) is 9.97 Å². The molecule has 1 fully saturated rings. The predicted molar refractivity (Wildman–Crippen MR) is 73.0 cm³/mol. The van der Waals surface area contributed by atoms with Crippen LogP contribution in [0.4, 0.5) is 5.82 Å². The first-order valence-electron chi connectivity index (χ1n) is 6.56. The second-order valence-corrected chi connectivity index (χ2v) is 5.12. The second-order valence-electron chi connectivity index (χ2n) is 4.73. The van der Waals surface area contributed by atoms with Gasteiger partial charge in [-0.05, 0) is 25.7 Å². The molecule has 0 spiro atoms. The van der Waals surface area contributed by atoms with Crippen molar-refractivity contribution in [3.05, 3.63) is 17.0 Å². The molecular formula is C13H20ClN3O.